The van der Waals surface area contributed by atoms with Crippen LogP contribution in [0.25, 0.3) is 0 Å². The van der Waals surface area contributed by atoms with Crippen molar-refractivity contribution in [2.75, 3.05) is 19.6 Å². The number of amides is 1. The van der Waals surface area contributed by atoms with E-state index in [1.807, 2.05) is 0 Å². The third-order valence-corrected chi connectivity index (χ3v) is 6.40. The van der Waals surface area contributed by atoms with Crippen LogP contribution in [0.15, 0.2) is 11.0 Å². The van der Waals surface area contributed by atoms with Crippen LogP contribution in [0.1, 0.15) is 0 Å². The molecule has 106 valence electrons. The Labute approximate surface area is 124 Å². The predicted molar refractivity (Wildman–Crippen MR) is 74.1 cm³/mol. The smallest absolute Gasteiger partial charge is 0.246 e. The number of hydrogen-bond acceptors (Lipinski definition) is 5. The Morgan fingerprint density at radius 1 is 1.53 bits per heavy atom. The van der Waals surface area contributed by atoms with Crippen molar-refractivity contribution in [2.24, 2.45) is 5.73 Å². The largest absolute Gasteiger partial charge is 0.368 e. The predicted octanol–water partition coefficient (Wildman–Crippen LogP) is 0.503. The number of nitrogens with two attached hydrogens (primary N) is 1. The van der Waals surface area contributed by atoms with Gasteiger partial charge < -0.3 is 11.1 Å². The van der Waals surface area contributed by atoms with E-state index in [0.29, 0.717) is 6.54 Å². The minimum atomic E-state index is -3.88. The maximum atomic E-state index is 12.5. The van der Waals surface area contributed by atoms with Gasteiger partial charge in [0.1, 0.15) is 15.3 Å². The molecule has 19 heavy (non-hydrogen) atoms. The van der Waals surface area contributed by atoms with Crippen LogP contribution in [0.2, 0.25) is 8.67 Å². The van der Waals surface area contributed by atoms with Gasteiger partial charge in [-0.15, -0.1) is 11.3 Å². The molecule has 0 aliphatic carbocycles. The van der Waals surface area contributed by atoms with Gasteiger partial charge in [0, 0.05) is 19.6 Å². The number of nitrogens with one attached hydrogen (secondary N) is 1. The number of primary amides is 1. The second-order valence-electron chi connectivity index (χ2n) is 3.93. The summed E-state index contributed by atoms with van der Waals surface area (Å²) >= 11 is 12.6. The van der Waals surface area contributed by atoms with Gasteiger partial charge in [-0.1, -0.05) is 23.2 Å². The van der Waals surface area contributed by atoms with Gasteiger partial charge in [-0.05, 0) is 6.07 Å². The number of sulfonamides is 1. The van der Waals surface area contributed by atoms with Crippen molar-refractivity contribution < 1.29 is 13.2 Å². The molecule has 6 nitrogen and oxygen atoms in total. The van der Waals surface area contributed by atoms with Gasteiger partial charge >= 0.3 is 0 Å². The van der Waals surface area contributed by atoms with E-state index in [2.05, 4.69) is 5.32 Å². The fraction of sp³-hybridized carbons (Fsp3) is 0.444. The zero-order valence-corrected chi connectivity index (χ0v) is 12.7. The van der Waals surface area contributed by atoms with Crippen molar-refractivity contribution in [3.8, 4) is 0 Å². The first-order chi connectivity index (χ1) is 8.84. The zero-order chi connectivity index (χ0) is 14.2. The Morgan fingerprint density at radius 3 is 2.74 bits per heavy atom. The molecule has 1 fully saturated rings. The van der Waals surface area contributed by atoms with E-state index in [4.69, 9.17) is 28.9 Å². The number of piperazine rings is 1. The molecule has 1 amide bonds. The summed E-state index contributed by atoms with van der Waals surface area (Å²) in [5, 5.41) is 2.93. The lowest BCUT2D eigenvalue weighted by Crippen LogP contribution is -2.58. The van der Waals surface area contributed by atoms with Crippen molar-refractivity contribution in [1.82, 2.24) is 9.62 Å². The molecule has 1 aromatic heterocycles. The highest BCUT2D eigenvalue weighted by atomic mass is 35.5. The number of hydrogen-bond donors (Lipinski definition) is 2. The lowest BCUT2D eigenvalue weighted by molar-refractivity contribution is -0.122. The number of nitrogens with zero attached hydrogens (tertiary/aromatic N) is 1. The minimum Gasteiger partial charge on any atom is -0.368 e. The molecule has 1 aromatic rings. The van der Waals surface area contributed by atoms with E-state index < -0.39 is 22.0 Å². The topological polar surface area (TPSA) is 92.5 Å². The monoisotopic (exact) mass is 343 g/mol. The molecule has 1 unspecified atom stereocenters. The van der Waals surface area contributed by atoms with Gasteiger partial charge in [0.25, 0.3) is 0 Å². The Kier molecular flexibility index (Phi) is 4.38. The summed E-state index contributed by atoms with van der Waals surface area (Å²) in [6.07, 6.45) is 0. The number of halogens is 2. The Morgan fingerprint density at radius 2 is 2.21 bits per heavy atom. The summed E-state index contributed by atoms with van der Waals surface area (Å²) in [6, 6.07) is 0.359. The molecule has 1 saturated heterocycles. The van der Waals surface area contributed by atoms with Crippen molar-refractivity contribution in [2.45, 2.75) is 10.9 Å². The normalized spacial score (nSPS) is 21.5. The second-order valence-corrected chi connectivity index (χ2v) is 8.07. The van der Waals surface area contributed by atoms with Gasteiger partial charge in [0.15, 0.2) is 0 Å². The van der Waals surface area contributed by atoms with Crippen molar-refractivity contribution in [1.29, 1.82) is 0 Å². The first-order valence-electron chi connectivity index (χ1n) is 5.30. The zero-order valence-electron chi connectivity index (χ0n) is 9.60. The van der Waals surface area contributed by atoms with Gasteiger partial charge in [-0.25, -0.2) is 8.42 Å². The van der Waals surface area contributed by atoms with E-state index in [9.17, 15) is 13.2 Å². The Bertz CT molecular complexity index is 602. The summed E-state index contributed by atoms with van der Waals surface area (Å²) in [7, 11) is -3.88. The lowest BCUT2D eigenvalue weighted by atomic mass is 10.2. The van der Waals surface area contributed by atoms with Crippen LogP contribution in [-0.4, -0.2) is 44.3 Å². The molecule has 0 radical (unpaired) electrons. The standard InChI is InChI=1S/C9H11Cl2N3O3S2/c10-7-3-6(8(11)18-7)19(16,17)14-2-1-13-4-5(14)9(12)15/h3,5,13H,1-2,4H2,(H2,12,15). The van der Waals surface area contributed by atoms with Gasteiger partial charge in [0.2, 0.25) is 15.9 Å². The number of carbonyl (C=O) groups is 1. The van der Waals surface area contributed by atoms with Crippen LogP contribution in [0.4, 0.5) is 0 Å². The second kappa shape index (κ2) is 5.55. The van der Waals surface area contributed by atoms with Crippen LogP contribution in [0, 0.1) is 0 Å². The molecule has 3 N–H and O–H groups in total. The van der Waals surface area contributed by atoms with E-state index in [1.54, 1.807) is 0 Å². The Balaban J connectivity index is 2.43. The summed E-state index contributed by atoms with van der Waals surface area (Å²) in [4.78, 5) is 11.3. The highest BCUT2D eigenvalue weighted by Crippen LogP contribution is 2.36. The summed E-state index contributed by atoms with van der Waals surface area (Å²) in [5.74, 6) is -0.701. The van der Waals surface area contributed by atoms with Gasteiger partial charge in [-0.2, -0.15) is 4.31 Å². The molecule has 0 bridgehead atoms. The summed E-state index contributed by atoms with van der Waals surface area (Å²) in [5.41, 5.74) is 5.23. The minimum absolute atomic E-state index is 0.0757. The van der Waals surface area contributed by atoms with Crippen LogP contribution in [0.3, 0.4) is 0 Å². The number of rotatable bonds is 3. The van der Waals surface area contributed by atoms with Gasteiger partial charge in [-0.3, -0.25) is 4.79 Å². The molecule has 0 aromatic carbocycles. The van der Waals surface area contributed by atoms with E-state index >= 15 is 0 Å². The number of thiophene rings is 1. The molecule has 1 aliphatic heterocycles. The molecule has 1 aliphatic rings. The van der Waals surface area contributed by atoms with Crippen molar-refractivity contribution in [3.63, 3.8) is 0 Å². The molecule has 1 atom stereocenters. The summed E-state index contributed by atoms with van der Waals surface area (Å²) in [6.45, 7) is 0.780. The maximum Gasteiger partial charge on any atom is 0.246 e. The third kappa shape index (κ3) is 2.88. The van der Waals surface area contributed by atoms with Gasteiger partial charge in [0.05, 0.1) is 4.34 Å². The summed E-state index contributed by atoms with van der Waals surface area (Å²) < 4.78 is 26.4. The van der Waals surface area contributed by atoms with E-state index in [-0.39, 0.29) is 26.7 Å². The first kappa shape index (κ1) is 15.0. The average Bonchev–Trinajstić information content (AvgIpc) is 2.69. The molecule has 2 rings (SSSR count). The molecule has 0 saturated carbocycles. The van der Waals surface area contributed by atoms with Crippen LogP contribution in [0.5, 0.6) is 0 Å². The lowest BCUT2D eigenvalue weighted by Gasteiger charge is -2.32. The molecular formula is C9H11Cl2N3O3S2. The fourth-order valence-electron chi connectivity index (χ4n) is 1.84. The molecule has 10 heteroatoms. The van der Waals surface area contributed by atoms with Crippen LogP contribution >= 0.6 is 34.5 Å². The van der Waals surface area contributed by atoms with Crippen molar-refractivity contribution >= 4 is 50.5 Å². The number of carbonyl (C=O) groups excluding carboxylic acids is 1. The molecule has 0 spiro atoms. The van der Waals surface area contributed by atoms with Crippen LogP contribution < -0.4 is 11.1 Å². The highest BCUT2D eigenvalue weighted by Gasteiger charge is 2.38. The average molecular weight is 344 g/mol. The molecule has 2 heterocycles. The van der Waals surface area contributed by atoms with E-state index in [1.165, 1.54) is 6.07 Å². The third-order valence-electron chi connectivity index (χ3n) is 2.73. The Hall–Kier alpha value is -0.380. The van der Waals surface area contributed by atoms with Crippen molar-refractivity contribution in [3.05, 3.63) is 14.7 Å². The first-order valence-corrected chi connectivity index (χ1v) is 8.32. The quantitative estimate of drug-likeness (QED) is 0.835. The van der Waals surface area contributed by atoms with Crippen LogP contribution in [-0.2, 0) is 14.8 Å². The highest BCUT2D eigenvalue weighted by molar-refractivity contribution is 7.89. The SMILES string of the molecule is NC(=O)C1CNCCN1S(=O)(=O)c1cc(Cl)sc1Cl. The maximum absolute atomic E-state index is 12.5. The fourth-order valence-corrected chi connectivity index (χ4v) is 5.55. The van der Waals surface area contributed by atoms with E-state index in [0.717, 1.165) is 15.6 Å². The molecular weight excluding hydrogens is 333 g/mol.